The van der Waals surface area contributed by atoms with Crippen molar-refractivity contribution in [3.8, 4) is 23.0 Å². The number of carboxylic acids is 1. The largest absolute Gasteiger partial charge is 0.491 e. The maximum Gasteiger partial charge on any atom is 0.303 e. The highest BCUT2D eigenvalue weighted by Crippen LogP contribution is 2.37. The molecule has 376 valence electrons. The van der Waals surface area contributed by atoms with Crippen LogP contribution in [0.15, 0.2) is 54.7 Å². The number of hydrogen-bond donors (Lipinski definition) is 5. The first-order valence-corrected chi connectivity index (χ1v) is 24.6. The van der Waals surface area contributed by atoms with Crippen LogP contribution in [0.2, 0.25) is 0 Å². The van der Waals surface area contributed by atoms with Crippen LogP contribution in [0.25, 0.3) is 44.5 Å². The number of benzene rings is 2. The summed E-state index contributed by atoms with van der Waals surface area (Å²) in [5, 5.41) is 22.1. The molecule has 7 rings (SSSR count). The summed E-state index contributed by atoms with van der Waals surface area (Å²) in [7, 11) is -2.14. The first kappa shape index (κ1) is 51.2. The van der Waals surface area contributed by atoms with E-state index in [9.17, 15) is 27.6 Å². The molecule has 2 aromatic carbocycles. The molecule has 0 aliphatic heterocycles. The number of aromatic nitrogens is 9. The van der Waals surface area contributed by atoms with Gasteiger partial charge in [0.05, 0.1) is 41.4 Å². The number of carboxylic acid groups (broad SMARTS) is 1. The summed E-state index contributed by atoms with van der Waals surface area (Å²) in [6.45, 7) is 9.54. The van der Waals surface area contributed by atoms with Gasteiger partial charge < -0.3 is 39.9 Å². The van der Waals surface area contributed by atoms with Crippen molar-refractivity contribution in [2.75, 3.05) is 44.5 Å². The number of allylic oxidation sites excluding steroid dienone is 2. The van der Waals surface area contributed by atoms with E-state index in [0.29, 0.717) is 76.5 Å². The molecule has 71 heavy (non-hydrogen) atoms. The van der Waals surface area contributed by atoms with Gasteiger partial charge in [0.1, 0.15) is 34.1 Å². The smallest absolute Gasteiger partial charge is 0.303 e. The van der Waals surface area contributed by atoms with Gasteiger partial charge in [-0.2, -0.15) is 10.2 Å². The summed E-state index contributed by atoms with van der Waals surface area (Å²) in [6.07, 6.45) is 5.90. The number of imidazole rings is 1. The SMILES string of the molecule is CCn1nc(C)cc1C(=O)Nc1nc2cc(C(N)=O)cc(OCCCNS(=O)(=O)CCCC(=O)O)c2n1C/C=C/Cn1c2nc(-c3cc(C)nn3CC)ncc2c2cc(C(N)=O)cc(OCCCOC)c21. The second-order valence-electron chi connectivity index (χ2n) is 16.5. The zero-order valence-corrected chi connectivity index (χ0v) is 40.9. The number of nitrogens with two attached hydrogens (primary N) is 2. The van der Waals surface area contributed by atoms with Gasteiger partial charge in [-0.1, -0.05) is 12.2 Å². The lowest BCUT2D eigenvalue weighted by Crippen LogP contribution is -2.28. The number of sulfonamides is 1. The third kappa shape index (κ3) is 11.8. The number of primary amides is 2. The summed E-state index contributed by atoms with van der Waals surface area (Å²) >= 11 is 0. The lowest BCUT2D eigenvalue weighted by Gasteiger charge is -2.14. The molecule has 0 bridgehead atoms. The van der Waals surface area contributed by atoms with Crippen molar-refractivity contribution >= 4 is 72.6 Å². The van der Waals surface area contributed by atoms with Gasteiger partial charge >= 0.3 is 5.97 Å². The van der Waals surface area contributed by atoms with E-state index in [0.717, 1.165) is 11.4 Å². The Labute approximate surface area is 408 Å². The Morgan fingerprint density at radius 1 is 0.775 bits per heavy atom. The molecule has 7 aromatic rings. The molecular formula is C47H57N13O10S. The van der Waals surface area contributed by atoms with Gasteiger partial charge in [-0.15, -0.1) is 0 Å². The number of carbonyl (C=O) groups excluding carboxylic acids is 3. The fourth-order valence-electron chi connectivity index (χ4n) is 8.09. The average Bonchev–Trinajstić information content (AvgIpc) is 4.09. The van der Waals surface area contributed by atoms with Gasteiger partial charge in [0.25, 0.3) is 5.91 Å². The zero-order chi connectivity index (χ0) is 51.0. The third-order valence-electron chi connectivity index (χ3n) is 11.3. The monoisotopic (exact) mass is 995 g/mol. The van der Waals surface area contributed by atoms with Crippen LogP contribution < -0.4 is 31.0 Å². The lowest BCUT2D eigenvalue weighted by atomic mass is 10.1. The second kappa shape index (κ2) is 22.4. The summed E-state index contributed by atoms with van der Waals surface area (Å²) in [5.74, 6) is -2.19. The molecule has 0 radical (unpaired) electrons. The van der Waals surface area contributed by atoms with E-state index in [4.69, 9.17) is 45.7 Å². The van der Waals surface area contributed by atoms with Crippen molar-refractivity contribution in [1.82, 2.24) is 48.4 Å². The van der Waals surface area contributed by atoms with E-state index in [2.05, 4.69) is 20.2 Å². The molecule has 7 N–H and O–H groups in total. The van der Waals surface area contributed by atoms with E-state index >= 15 is 0 Å². The Bertz CT molecular complexity index is 3280. The Morgan fingerprint density at radius 3 is 2.10 bits per heavy atom. The number of methoxy groups -OCH3 is 1. The number of hydrogen-bond acceptors (Lipinski definition) is 14. The van der Waals surface area contributed by atoms with E-state index in [1.807, 2.05) is 48.2 Å². The van der Waals surface area contributed by atoms with Crippen LogP contribution in [0, 0.1) is 13.8 Å². The standard InChI is InChI=1S/C47H57N13O10S/c1-6-59-35(21-28(3)55-59)44-50-27-33-32-23-30(42(48)63)25-37(70-19-12-17-68-5)40(32)57(45(33)53-44)15-8-9-16-58-41-34(52-47(58)54-46(65)36-22-29(4)56-60(36)7-2)24-31(43(49)64)26-38(41)69-18-11-14-51-71(66,67)20-10-13-39(61)62/h8-9,21-27,51H,6-7,10-20H2,1-5H3,(H2,48,63)(H2,49,64)(H,61,62)(H,52,54,65)/b9-8+. The van der Waals surface area contributed by atoms with Gasteiger partial charge in [0, 0.05) is 87.4 Å². The third-order valence-corrected chi connectivity index (χ3v) is 12.8. The molecule has 24 heteroatoms. The summed E-state index contributed by atoms with van der Waals surface area (Å²) in [5.41, 5.74) is 16.2. The molecular weight excluding hydrogens is 939 g/mol. The molecule has 0 aliphatic rings. The van der Waals surface area contributed by atoms with Gasteiger partial charge in [-0.3, -0.25) is 33.9 Å². The molecule has 0 saturated heterocycles. The molecule has 5 heterocycles. The molecule has 0 unspecified atom stereocenters. The van der Waals surface area contributed by atoms with Gasteiger partial charge in [0.15, 0.2) is 5.82 Å². The van der Waals surface area contributed by atoms with Crippen LogP contribution in [0.5, 0.6) is 11.5 Å². The lowest BCUT2D eigenvalue weighted by molar-refractivity contribution is -0.137. The van der Waals surface area contributed by atoms with Gasteiger partial charge in [0.2, 0.25) is 27.8 Å². The molecule has 0 spiro atoms. The van der Waals surface area contributed by atoms with Crippen molar-refractivity contribution in [3.05, 3.63) is 83.0 Å². The minimum Gasteiger partial charge on any atom is -0.491 e. The maximum absolute atomic E-state index is 13.9. The Kier molecular flexibility index (Phi) is 16.1. The quantitative estimate of drug-likeness (QED) is 0.0373. The van der Waals surface area contributed by atoms with E-state index in [-0.39, 0.29) is 86.2 Å². The predicted octanol–water partition coefficient (Wildman–Crippen LogP) is 4.33. The number of anilines is 1. The van der Waals surface area contributed by atoms with Crippen LogP contribution in [0.3, 0.4) is 0 Å². The first-order valence-electron chi connectivity index (χ1n) is 23.0. The van der Waals surface area contributed by atoms with Crippen LogP contribution in [-0.4, -0.2) is 120 Å². The van der Waals surface area contributed by atoms with E-state index < -0.39 is 33.7 Å². The molecule has 23 nitrogen and oxygen atoms in total. The number of ether oxygens (including phenoxy) is 3. The predicted molar refractivity (Wildman–Crippen MR) is 264 cm³/mol. The van der Waals surface area contributed by atoms with Gasteiger partial charge in [-0.05, 0) is 76.9 Å². The molecule has 5 aromatic heterocycles. The summed E-state index contributed by atoms with van der Waals surface area (Å²) in [4.78, 5) is 64.7. The van der Waals surface area contributed by atoms with Crippen molar-refractivity contribution in [2.45, 2.75) is 79.6 Å². The second-order valence-corrected chi connectivity index (χ2v) is 18.5. The number of carbonyl (C=O) groups is 4. The van der Waals surface area contributed by atoms with Gasteiger partial charge in [-0.25, -0.2) is 28.1 Å². The summed E-state index contributed by atoms with van der Waals surface area (Å²) < 4.78 is 52.3. The Morgan fingerprint density at radius 2 is 1.42 bits per heavy atom. The van der Waals surface area contributed by atoms with Crippen LogP contribution in [0.1, 0.15) is 82.1 Å². The van der Waals surface area contributed by atoms with E-state index in [1.165, 1.54) is 12.1 Å². The first-order chi connectivity index (χ1) is 34.0. The topological polar surface area (TPSA) is 311 Å². The number of aryl methyl sites for hydroxylation is 4. The average molecular weight is 996 g/mol. The highest BCUT2D eigenvalue weighted by atomic mass is 32.2. The number of nitrogens with zero attached hydrogens (tertiary/aromatic N) is 9. The van der Waals surface area contributed by atoms with Crippen molar-refractivity contribution in [2.24, 2.45) is 11.5 Å². The highest BCUT2D eigenvalue weighted by molar-refractivity contribution is 7.89. The Balaban J connectivity index is 1.29. The number of rotatable bonds is 26. The highest BCUT2D eigenvalue weighted by Gasteiger charge is 2.24. The maximum atomic E-state index is 13.9. The molecule has 0 atom stereocenters. The van der Waals surface area contributed by atoms with Crippen LogP contribution in [0.4, 0.5) is 5.95 Å². The van der Waals surface area contributed by atoms with Crippen molar-refractivity contribution in [3.63, 3.8) is 0 Å². The fraction of sp³-hybridized carbons (Fsp3) is 0.383. The number of nitrogens with one attached hydrogen (secondary N) is 2. The Hall–Kier alpha value is -7.70. The number of fused-ring (bicyclic) bond motifs is 4. The minimum absolute atomic E-state index is 0.0112. The molecule has 0 saturated carbocycles. The van der Waals surface area contributed by atoms with Crippen molar-refractivity contribution < 1.29 is 46.9 Å². The minimum atomic E-state index is -3.74. The van der Waals surface area contributed by atoms with Crippen molar-refractivity contribution in [1.29, 1.82) is 0 Å². The molecule has 3 amide bonds. The van der Waals surface area contributed by atoms with Crippen LogP contribution in [-0.2, 0) is 45.7 Å². The molecule has 0 fully saturated rings. The number of amides is 3. The summed E-state index contributed by atoms with van der Waals surface area (Å²) in [6, 6.07) is 9.82. The number of aliphatic carboxylic acids is 1. The zero-order valence-electron chi connectivity index (χ0n) is 40.1. The van der Waals surface area contributed by atoms with E-state index in [1.54, 1.807) is 47.7 Å². The molecule has 0 aliphatic carbocycles. The fourth-order valence-corrected chi connectivity index (χ4v) is 9.21. The van der Waals surface area contributed by atoms with Crippen LogP contribution >= 0.6 is 0 Å². The normalized spacial score (nSPS) is 11.9.